The van der Waals surface area contributed by atoms with Gasteiger partial charge in [-0.1, -0.05) is 32.9 Å². The van der Waals surface area contributed by atoms with Crippen molar-refractivity contribution in [1.29, 1.82) is 0 Å². The number of nitrogens with one attached hydrogen (secondary N) is 1. The molecular weight excluding hydrogens is 260 g/mol. The molecule has 0 radical (unpaired) electrons. The summed E-state index contributed by atoms with van der Waals surface area (Å²) in [6, 6.07) is 8.97. The first-order valence-electron chi connectivity index (χ1n) is 8.11. The van der Waals surface area contributed by atoms with Crippen LogP contribution in [0.5, 0.6) is 5.75 Å². The summed E-state index contributed by atoms with van der Waals surface area (Å²) in [5.41, 5.74) is 1.31. The molecule has 1 atom stereocenters. The average Bonchev–Trinajstić information content (AvgIpc) is 2.42. The highest BCUT2D eigenvalue weighted by Gasteiger charge is 2.11. The molecule has 1 rings (SSSR count). The van der Waals surface area contributed by atoms with Crippen molar-refractivity contribution >= 4 is 0 Å². The highest BCUT2D eigenvalue weighted by molar-refractivity contribution is 5.27. The molecule has 21 heavy (non-hydrogen) atoms. The molecule has 1 unspecified atom stereocenters. The van der Waals surface area contributed by atoms with Crippen molar-refractivity contribution in [2.24, 2.45) is 5.92 Å². The van der Waals surface area contributed by atoms with E-state index >= 15 is 0 Å². The Morgan fingerprint density at radius 2 is 1.81 bits per heavy atom. The number of hydrogen-bond donors (Lipinski definition) is 1. The highest BCUT2D eigenvalue weighted by Crippen LogP contribution is 2.13. The summed E-state index contributed by atoms with van der Waals surface area (Å²) in [5, 5.41) is 3.68. The third-order valence-corrected chi connectivity index (χ3v) is 3.33. The lowest BCUT2D eigenvalue weighted by Crippen LogP contribution is -2.38. The summed E-state index contributed by atoms with van der Waals surface area (Å²) in [6.07, 6.45) is 2.25. The van der Waals surface area contributed by atoms with E-state index in [1.54, 1.807) is 0 Å². The second-order valence-electron chi connectivity index (χ2n) is 6.46. The van der Waals surface area contributed by atoms with Gasteiger partial charge in [0.05, 0.1) is 6.61 Å². The lowest BCUT2D eigenvalue weighted by Gasteiger charge is -2.24. The van der Waals surface area contributed by atoms with E-state index in [1.165, 1.54) is 12.0 Å². The average molecular weight is 292 g/mol. The van der Waals surface area contributed by atoms with Crippen LogP contribution >= 0.6 is 0 Å². The molecule has 0 aliphatic heterocycles. The number of likely N-dealkylation sites (N-methyl/N-ethyl adjacent to an activating group) is 1. The van der Waals surface area contributed by atoms with E-state index in [9.17, 15) is 0 Å². The molecule has 1 aromatic rings. The molecule has 0 aliphatic rings. The minimum absolute atomic E-state index is 0.538. The minimum atomic E-state index is 0.538. The predicted octanol–water partition coefficient (Wildman–Crippen LogP) is 3.54. The van der Waals surface area contributed by atoms with Crippen molar-refractivity contribution in [3.8, 4) is 5.75 Å². The van der Waals surface area contributed by atoms with Crippen molar-refractivity contribution in [3.05, 3.63) is 29.8 Å². The van der Waals surface area contributed by atoms with Gasteiger partial charge in [0.15, 0.2) is 0 Å². The van der Waals surface area contributed by atoms with Crippen LogP contribution in [-0.2, 0) is 6.54 Å². The number of hydrogen-bond acceptors (Lipinski definition) is 3. The molecule has 0 bridgehead atoms. The van der Waals surface area contributed by atoms with E-state index in [-0.39, 0.29) is 0 Å². The molecule has 3 nitrogen and oxygen atoms in total. The molecule has 3 heteroatoms. The van der Waals surface area contributed by atoms with E-state index in [2.05, 4.69) is 69.3 Å². The fourth-order valence-corrected chi connectivity index (χ4v) is 2.42. The van der Waals surface area contributed by atoms with Gasteiger partial charge in [-0.3, -0.25) is 0 Å². The Bertz CT molecular complexity index is 363. The van der Waals surface area contributed by atoms with Gasteiger partial charge in [0, 0.05) is 19.1 Å². The molecule has 1 N–H and O–H groups in total. The molecule has 0 fully saturated rings. The van der Waals surface area contributed by atoms with Crippen LogP contribution < -0.4 is 10.1 Å². The third kappa shape index (κ3) is 8.08. The van der Waals surface area contributed by atoms with Gasteiger partial charge < -0.3 is 15.0 Å². The Hall–Kier alpha value is -1.06. The molecule has 0 heterocycles. The zero-order chi connectivity index (χ0) is 15.7. The maximum Gasteiger partial charge on any atom is 0.119 e. The molecule has 0 aliphatic carbocycles. The fraction of sp³-hybridized carbons (Fsp3) is 0.667. The quantitative estimate of drug-likeness (QED) is 0.714. The van der Waals surface area contributed by atoms with E-state index < -0.39 is 0 Å². The Balaban J connectivity index is 2.46. The van der Waals surface area contributed by atoms with E-state index in [0.29, 0.717) is 12.0 Å². The van der Waals surface area contributed by atoms with Crippen molar-refractivity contribution in [2.75, 3.05) is 27.2 Å². The standard InChI is InChI=1S/C18H32N2O/c1-6-11-21-18-9-7-16(8-10-18)13-19-17(12-15(2)3)14-20(4)5/h7-10,15,17,19H,6,11-14H2,1-5H3. The third-order valence-electron chi connectivity index (χ3n) is 3.33. The lowest BCUT2D eigenvalue weighted by molar-refractivity contribution is 0.304. The first kappa shape index (κ1) is 18.0. The van der Waals surface area contributed by atoms with Crippen LogP contribution in [0.15, 0.2) is 24.3 Å². The normalized spacial score (nSPS) is 12.9. The molecule has 0 spiro atoms. The first-order valence-corrected chi connectivity index (χ1v) is 8.11. The molecule has 0 aromatic heterocycles. The van der Waals surface area contributed by atoms with Gasteiger partial charge >= 0.3 is 0 Å². The van der Waals surface area contributed by atoms with E-state index in [4.69, 9.17) is 4.74 Å². The van der Waals surface area contributed by atoms with E-state index in [1.807, 2.05) is 0 Å². The van der Waals surface area contributed by atoms with Crippen LogP contribution in [0, 0.1) is 5.92 Å². The number of nitrogens with zero attached hydrogens (tertiary/aromatic N) is 1. The summed E-state index contributed by atoms with van der Waals surface area (Å²) in [4.78, 5) is 2.25. The van der Waals surface area contributed by atoms with Crippen LogP contribution in [0.25, 0.3) is 0 Å². The Morgan fingerprint density at radius 1 is 1.14 bits per heavy atom. The van der Waals surface area contributed by atoms with Gasteiger partial charge in [-0.15, -0.1) is 0 Å². The summed E-state index contributed by atoms with van der Waals surface area (Å²) < 4.78 is 5.61. The van der Waals surface area contributed by atoms with Crippen molar-refractivity contribution in [2.45, 2.75) is 46.2 Å². The topological polar surface area (TPSA) is 24.5 Å². The lowest BCUT2D eigenvalue weighted by atomic mass is 10.0. The largest absolute Gasteiger partial charge is 0.494 e. The summed E-state index contributed by atoms with van der Waals surface area (Å²) in [5.74, 6) is 1.68. The molecule has 0 saturated heterocycles. The number of benzene rings is 1. The Labute approximate surface area is 130 Å². The van der Waals surface area contributed by atoms with Crippen LogP contribution in [0.1, 0.15) is 39.2 Å². The van der Waals surface area contributed by atoms with Crippen molar-refractivity contribution in [3.63, 3.8) is 0 Å². The van der Waals surface area contributed by atoms with Crippen molar-refractivity contribution in [1.82, 2.24) is 10.2 Å². The second-order valence-corrected chi connectivity index (χ2v) is 6.46. The van der Waals surface area contributed by atoms with Crippen LogP contribution in [0.3, 0.4) is 0 Å². The van der Waals surface area contributed by atoms with E-state index in [0.717, 1.165) is 31.9 Å². The summed E-state index contributed by atoms with van der Waals surface area (Å²) >= 11 is 0. The number of rotatable bonds is 10. The van der Waals surface area contributed by atoms with Crippen LogP contribution in [0.2, 0.25) is 0 Å². The SMILES string of the molecule is CCCOc1ccc(CNC(CC(C)C)CN(C)C)cc1. The van der Waals surface area contributed by atoms with Gasteiger partial charge in [-0.2, -0.15) is 0 Å². The number of ether oxygens (including phenoxy) is 1. The highest BCUT2D eigenvalue weighted by atomic mass is 16.5. The summed E-state index contributed by atoms with van der Waals surface area (Å²) in [6.45, 7) is 9.47. The molecule has 120 valence electrons. The minimum Gasteiger partial charge on any atom is -0.494 e. The predicted molar refractivity (Wildman–Crippen MR) is 90.9 cm³/mol. The maximum absolute atomic E-state index is 5.61. The molecule has 0 amide bonds. The van der Waals surface area contributed by atoms with Crippen LogP contribution in [0.4, 0.5) is 0 Å². The molecule has 0 saturated carbocycles. The van der Waals surface area contributed by atoms with Gasteiger partial charge in [0.1, 0.15) is 5.75 Å². The first-order chi connectivity index (χ1) is 10.0. The fourth-order valence-electron chi connectivity index (χ4n) is 2.42. The zero-order valence-electron chi connectivity index (χ0n) is 14.4. The maximum atomic E-state index is 5.61. The monoisotopic (exact) mass is 292 g/mol. The molecular formula is C18H32N2O. The van der Waals surface area contributed by atoms with Gasteiger partial charge in [-0.25, -0.2) is 0 Å². The van der Waals surface area contributed by atoms with Crippen LogP contribution in [-0.4, -0.2) is 38.2 Å². The van der Waals surface area contributed by atoms with Crippen molar-refractivity contribution < 1.29 is 4.74 Å². The smallest absolute Gasteiger partial charge is 0.119 e. The zero-order valence-corrected chi connectivity index (χ0v) is 14.4. The summed E-state index contributed by atoms with van der Waals surface area (Å²) in [7, 11) is 4.27. The molecule has 1 aromatic carbocycles. The van der Waals surface area contributed by atoms with Gasteiger partial charge in [-0.05, 0) is 50.6 Å². The van der Waals surface area contributed by atoms with Gasteiger partial charge in [0.2, 0.25) is 0 Å². The van der Waals surface area contributed by atoms with Gasteiger partial charge in [0.25, 0.3) is 0 Å². The second kappa shape index (κ2) is 9.80. The Kier molecular flexibility index (Phi) is 8.40. The Morgan fingerprint density at radius 3 is 2.33 bits per heavy atom.